The second-order valence-electron chi connectivity index (χ2n) is 5.62. The summed E-state index contributed by atoms with van der Waals surface area (Å²) in [7, 11) is -9.09. The first-order valence-corrected chi connectivity index (χ1v) is 10.7. The Morgan fingerprint density at radius 2 is 0.926 bits per heavy atom. The number of sulfonamides is 2. The van der Waals surface area contributed by atoms with Gasteiger partial charge in [-0.25, -0.2) is 0 Å². The maximum absolute atomic E-state index is 13.3. The summed E-state index contributed by atoms with van der Waals surface area (Å²) in [6.07, 6.45) is 0. The van der Waals surface area contributed by atoms with E-state index >= 15 is 0 Å². The third-order valence-electron chi connectivity index (χ3n) is 3.80. The highest BCUT2D eigenvalue weighted by Gasteiger charge is 2.38. The average Bonchev–Trinajstić information content (AvgIpc) is 2.62. The molecule has 0 aliphatic carbocycles. The number of nitrogens with zero attached hydrogens (tertiary/aromatic N) is 1. The highest BCUT2D eigenvalue weighted by molar-refractivity contribution is 8.10. The Bertz CT molecular complexity index is 1100. The Kier molecular flexibility index (Phi) is 4.81. The van der Waals surface area contributed by atoms with Crippen molar-refractivity contribution in [2.24, 2.45) is 0 Å². The van der Waals surface area contributed by atoms with Gasteiger partial charge in [0.05, 0.1) is 17.1 Å². The van der Waals surface area contributed by atoms with Crippen LogP contribution in [0.2, 0.25) is 0 Å². The fourth-order valence-electron chi connectivity index (χ4n) is 2.57. The molecule has 0 spiro atoms. The van der Waals surface area contributed by atoms with Crippen molar-refractivity contribution in [3.63, 3.8) is 0 Å². The Labute approximate surface area is 158 Å². The molecule has 0 unspecified atom stereocenters. The van der Waals surface area contributed by atoms with Gasteiger partial charge in [0, 0.05) is 0 Å². The van der Waals surface area contributed by atoms with Crippen molar-refractivity contribution in [1.82, 2.24) is 0 Å². The van der Waals surface area contributed by atoms with Crippen LogP contribution >= 0.6 is 0 Å². The SMILES string of the molecule is Nc1ccccc1S(=O)(=O)N(c1ccccc1)S(=O)(=O)c1ccccc1N. The van der Waals surface area contributed by atoms with Crippen molar-refractivity contribution in [3.05, 3.63) is 78.9 Å². The van der Waals surface area contributed by atoms with E-state index in [1.807, 2.05) is 0 Å². The van der Waals surface area contributed by atoms with Crippen LogP contribution in [0.15, 0.2) is 88.7 Å². The number of anilines is 3. The number of para-hydroxylation sites is 3. The lowest BCUT2D eigenvalue weighted by atomic mass is 10.3. The van der Waals surface area contributed by atoms with Gasteiger partial charge in [0.1, 0.15) is 9.79 Å². The van der Waals surface area contributed by atoms with E-state index in [4.69, 9.17) is 11.5 Å². The largest absolute Gasteiger partial charge is 0.398 e. The van der Waals surface area contributed by atoms with Gasteiger partial charge < -0.3 is 11.5 Å². The summed E-state index contributed by atoms with van der Waals surface area (Å²) in [6.45, 7) is 0. The highest BCUT2D eigenvalue weighted by Crippen LogP contribution is 2.34. The highest BCUT2D eigenvalue weighted by atomic mass is 32.3. The molecule has 0 heterocycles. The third kappa shape index (κ3) is 3.34. The molecule has 0 fully saturated rings. The first kappa shape index (κ1) is 18.7. The first-order chi connectivity index (χ1) is 12.8. The molecule has 0 saturated heterocycles. The van der Waals surface area contributed by atoms with Gasteiger partial charge in [0.15, 0.2) is 0 Å². The van der Waals surface area contributed by atoms with E-state index in [1.165, 1.54) is 60.7 Å². The van der Waals surface area contributed by atoms with Crippen LogP contribution in [0.3, 0.4) is 0 Å². The molecule has 27 heavy (non-hydrogen) atoms. The van der Waals surface area contributed by atoms with Crippen LogP contribution in [0.4, 0.5) is 17.1 Å². The van der Waals surface area contributed by atoms with Crippen LogP contribution in [0.5, 0.6) is 0 Å². The van der Waals surface area contributed by atoms with Crippen molar-refractivity contribution in [2.75, 3.05) is 15.2 Å². The Hall–Kier alpha value is -3.04. The van der Waals surface area contributed by atoms with Gasteiger partial charge in [-0.1, -0.05) is 42.5 Å². The zero-order chi connectivity index (χ0) is 19.7. The van der Waals surface area contributed by atoms with Crippen LogP contribution in [0, 0.1) is 0 Å². The predicted molar refractivity (Wildman–Crippen MR) is 105 cm³/mol. The molecule has 0 saturated carbocycles. The zero-order valence-corrected chi connectivity index (χ0v) is 15.7. The molecule has 3 aromatic rings. The van der Waals surface area contributed by atoms with Crippen molar-refractivity contribution >= 4 is 37.1 Å². The van der Waals surface area contributed by atoms with E-state index in [1.54, 1.807) is 18.2 Å². The number of benzene rings is 3. The lowest BCUT2D eigenvalue weighted by Crippen LogP contribution is -2.37. The Morgan fingerprint density at radius 3 is 1.33 bits per heavy atom. The second kappa shape index (κ2) is 6.93. The molecular weight excluding hydrogens is 386 g/mol. The second-order valence-corrected chi connectivity index (χ2v) is 9.36. The number of nitrogen functional groups attached to an aromatic ring is 2. The van der Waals surface area contributed by atoms with E-state index in [2.05, 4.69) is 0 Å². The summed E-state index contributed by atoms with van der Waals surface area (Å²) >= 11 is 0. The summed E-state index contributed by atoms with van der Waals surface area (Å²) in [5, 5.41) is 0. The van der Waals surface area contributed by atoms with Crippen LogP contribution in [0.1, 0.15) is 0 Å². The zero-order valence-electron chi connectivity index (χ0n) is 14.1. The van der Waals surface area contributed by atoms with Gasteiger partial charge in [0.25, 0.3) is 20.0 Å². The minimum absolute atomic E-state index is 0.0518. The number of hydrogen-bond donors (Lipinski definition) is 2. The smallest absolute Gasteiger partial charge is 0.279 e. The average molecular weight is 403 g/mol. The molecule has 4 N–H and O–H groups in total. The molecule has 0 radical (unpaired) electrons. The molecular formula is C18H17N3O4S2. The van der Waals surface area contributed by atoms with E-state index in [0.29, 0.717) is 3.71 Å². The maximum Gasteiger partial charge on any atom is 0.279 e. The molecule has 0 amide bonds. The topological polar surface area (TPSA) is 124 Å². The molecule has 3 rings (SSSR count). The maximum atomic E-state index is 13.3. The normalized spacial score (nSPS) is 11.9. The van der Waals surface area contributed by atoms with Gasteiger partial charge in [-0.15, -0.1) is 0 Å². The molecule has 0 aliphatic heterocycles. The minimum Gasteiger partial charge on any atom is -0.398 e. The third-order valence-corrected chi connectivity index (χ3v) is 8.13. The number of hydrogen-bond acceptors (Lipinski definition) is 6. The van der Waals surface area contributed by atoms with Gasteiger partial charge in [-0.3, -0.25) is 0 Å². The molecule has 9 heteroatoms. The first-order valence-electron chi connectivity index (χ1n) is 7.81. The minimum atomic E-state index is -4.54. The quantitative estimate of drug-likeness (QED) is 0.631. The van der Waals surface area contributed by atoms with E-state index < -0.39 is 20.0 Å². The molecule has 0 aromatic heterocycles. The molecule has 0 atom stereocenters. The fraction of sp³-hybridized carbons (Fsp3) is 0. The van der Waals surface area contributed by atoms with Gasteiger partial charge in [0.2, 0.25) is 0 Å². The van der Waals surface area contributed by atoms with Crippen molar-refractivity contribution in [1.29, 1.82) is 0 Å². The molecule has 140 valence electrons. The molecule has 0 bridgehead atoms. The summed E-state index contributed by atoms with van der Waals surface area (Å²) in [4.78, 5) is -0.626. The summed E-state index contributed by atoms with van der Waals surface area (Å²) in [5.41, 5.74) is 11.4. The standard InChI is InChI=1S/C18H17N3O4S2/c19-15-10-4-6-12-17(15)26(22,23)21(14-8-2-1-3-9-14)27(24,25)18-13-7-5-11-16(18)20/h1-13H,19-20H2. The molecule has 7 nitrogen and oxygen atoms in total. The van der Waals surface area contributed by atoms with Gasteiger partial charge >= 0.3 is 0 Å². The van der Waals surface area contributed by atoms with E-state index in [9.17, 15) is 16.8 Å². The molecule has 3 aromatic carbocycles. The summed E-state index contributed by atoms with van der Waals surface area (Å²) in [5.74, 6) is 0. The Morgan fingerprint density at radius 1 is 0.556 bits per heavy atom. The van der Waals surface area contributed by atoms with Crippen LogP contribution in [-0.2, 0) is 20.0 Å². The van der Waals surface area contributed by atoms with Gasteiger partial charge in [-0.2, -0.15) is 20.5 Å². The lowest BCUT2D eigenvalue weighted by Gasteiger charge is -2.25. The lowest BCUT2D eigenvalue weighted by molar-refractivity contribution is 0.584. The Balaban J connectivity index is 2.32. The van der Waals surface area contributed by atoms with Gasteiger partial charge in [-0.05, 0) is 36.4 Å². The van der Waals surface area contributed by atoms with Crippen LogP contribution in [-0.4, -0.2) is 16.8 Å². The summed E-state index contributed by atoms with van der Waals surface area (Å²) < 4.78 is 53.6. The fourth-order valence-corrected chi connectivity index (χ4v) is 6.47. The van der Waals surface area contributed by atoms with Crippen molar-refractivity contribution in [2.45, 2.75) is 9.79 Å². The van der Waals surface area contributed by atoms with Crippen LogP contribution in [0.25, 0.3) is 0 Å². The van der Waals surface area contributed by atoms with Crippen molar-refractivity contribution in [3.8, 4) is 0 Å². The van der Waals surface area contributed by atoms with E-state index in [-0.39, 0.29) is 26.9 Å². The molecule has 0 aliphatic rings. The van der Waals surface area contributed by atoms with Crippen molar-refractivity contribution < 1.29 is 16.8 Å². The monoisotopic (exact) mass is 403 g/mol. The number of rotatable bonds is 5. The summed E-state index contributed by atoms with van der Waals surface area (Å²) in [6, 6.07) is 18.8. The predicted octanol–water partition coefficient (Wildman–Crippen LogP) is 2.44. The van der Waals surface area contributed by atoms with E-state index in [0.717, 1.165) is 0 Å². The van der Waals surface area contributed by atoms with Crippen LogP contribution < -0.4 is 15.2 Å². The number of nitrogens with two attached hydrogens (primary N) is 2.